The predicted molar refractivity (Wildman–Crippen MR) is 68.8 cm³/mol. The standard InChI is InChI=1S/C13H10F3NO3S/c1-2-20-11(19)5-10-8(6-17)3-4-9(7-18)12(10)21-13(14,15)16/h3-4,7H,2,5H2,1H3. The molecule has 0 bridgehead atoms. The molecular weight excluding hydrogens is 307 g/mol. The molecule has 0 saturated carbocycles. The van der Waals surface area contributed by atoms with Crippen LogP contribution in [0.2, 0.25) is 0 Å². The lowest BCUT2D eigenvalue weighted by molar-refractivity contribution is -0.142. The highest BCUT2D eigenvalue weighted by molar-refractivity contribution is 8.00. The molecule has 0 amide bonds. The lowest BCUT2D eigenvalue weighted by Crippen LogP contribution is -2.12. The molecule has 4 nitrogen and oxygen atoms in total. The van der Waals surface area contributed by atoms with E-state index in [1.165, 1.54) is 6.07 Å². The van der Waals surface area contributed by atoms with Gasteiger partial charge in [0.05, 0.1) is 24.7 Å². The van der Waals surface area contributed by atoms with Crippen molar-refractivity contribution < 1.29 is 27.5 Å². The quantitative estimate of drug-likeness (QED) is 0.474. The molecule has 0 aliphatic heterocycles. The molecule has 0 aromatic heterocycles. The van der Waals surface area contributed by atoms with Crippen LogP contribution in [-0.2, 0) is 16.0 Å². The van der Waals surface area contributed by atoms with Crippen LogP contribution in [0.25, 0.3) is 0 Å². The molecule has 0 atom stereocenters. The molecule has 21 heavy (non-hydrogen) atoms. The maximum atomic E-state index is 12.6. The fraction of sp³-hybridized carbons (Fsp3) is 0.308. The largest absolute Gasteiger partial charge is 0.466 e. The first kappa shape index (κ1) is 17.0. The van der Waals surface area contributed by atoms with Gasteiger partial charge in [-0.15, -0.1) is 0 Å². The zero-order valence-electron chi connectivity index (χ0n) is 10.9. The Labute approximate surface area is 122 Å². The van der Waals surface area contributed by atoms with E-state index in [1.807, 2.05) is 0 Å². The normalized spacial score (nSPS) is 10.8. The number of nitrogens with zero attached hydrogens (tertiary/aromatic N) is 1. The number of nitriles is 1. The van der Waals surface area contributed by atoms with E-state index in [0.29, 0.717) is 0 Å². The second kappa shape index (κ2) is 7.13. The third-order valence-corrected chi connectivity index (χ3v) is 3.30. The molecule has 8 heteroatoms. The zero-order chi connectivity index (χ0) is 16.0. The summed E-state index contributed by atoms with van der Waals surface area (Å²) in [4.78, 5) is 21.9. The Morgan fingerprint density at radius 1 is 1.48 bits per heavy atom. The van der Waals surface area contributed by atoms with Crippen molar-refractivity contribution in [2.45, 2.75) is 23.7 Å². The molecule has 0 radical (unpaired) electrons. The smallest absolute Gasteiger partial charge is 0.446 e. The molecule has 112 valence electrons. The minimum absolute atomic E-state index is 0.0653. The lowest BCUT2D eigenvalue weighted by atomic mass is 10.0. The molecule has 1 aromatic rings. The van der Waals surface area contributed by atoms with Crippen LogP contribution in [0, 0.1) is 11.3 Å². The van der Waals surface area contributed by atoms with Crippen LogP contribution in [0.1, 0.15) is 28.4 Å². The van der Waals surface area contributed by atoms with E-state index >= 15 is 0 Å². The van der Waals surface area contributed by atoms with E-state index in [9.17, 15) is 22.8 Å². The summed E-state index contributed by atoms with van der Waals surface area (Å²) in [7, 11) is 0. The third-order valence-electron chi connectivity index (χ3n) is 2.38. The van der Waals surface area contributed by atoms with Crippen LogP contribution in [0.15, 0.2) is 17.0 Å². The van der Waals surface area contributed by atoms with E-state index in [1.54, 1.807) is 13.0 Å². The number of halogens is 3. The Balaban J connectivity index is 3.37. The van der Waals surface area contributed by atoms with Crippen molar-refractivity contribution in [3.05, 3.63) is 28.8 Å². The van der Waals surface area contributed by atoms with Crippen LogP contribution in [0.3, 0.4) is 0 Å². The van der Waals surface area contributed by atoms with Crippen molar-refractivity contribution in [3.63, 3.8) is 0 Å². The van der Waals surface area contributed by atoms with Crippen LogP contribution >= 0.6 is 11.8 Å². The van der Waals surface area contributed by atoms with Gasteiger partial charge >= 0.3 is 11.5 Å². The van der Waals surface area contributed by atoms with Gasteiger partial charge < -0.3 is 4.74 Å². The van der Waals surface area contributed by atoms with Gasteiger partial charge in [-0.3, -0.25) is 9.59 Å². The number of ether oxygens (including phenoxy) is 1. The number of hydrogen-bond acceptors (Lipinski definition) is 5. The first-order valence-corrected chi connectivity index (χ1v) is 6.56. The molecule has 1 aromatic carbocycles. The maximum absolute atomic E-state index is 12.6. The first-order chi connectivity index (χ1) is 9.82. The van der Waals surface area contributed by atoms with Crippen LogP contribution in [0.4, 0.5) is 13.2 Å². The fourth-order valence-corrected chi connectivity index (χ4v) is 2.38. The van der Waals surface area contributed by atoms with Crippen molar-refractivity contribution in [1.82, 2.24) is 0 Å². The zero-order valence-corrected chi connectivity index (χ0v) is 11.7. The van der Waals surface area contributed by atoms with Gasteiger partial charge in [0, 0.05) is 10.5 Å². The number of thioether (sulfide) groups is 1. The molecule has 0 N–H and O–H groups in total. The second-order valence-electron chi connectivity index (χ2n) is 3.77. The number of rotatable bonds is 5. The van der Waals surface area contributed by atoms with Crippen molar-refractivity contribution >= 4 is 24.0 Å². The summed E-state index contributed by atoms with van der Waals surface area (Å²) in [5, 5.41) is 8.97. The monoisotopic (exact) mass is 317 g/mol. The maximum Gasteiger partial charge on any atom is 0.446 e. The minimum Gasteiger partial charge on any atom is -0.466 e. The average molecular weight is 317 g/mol. The Morgan fingerprint density at radius 2 is 2.14 bits per heavy atom. The van der Waals surface area contributed by atoms with Gasteiger partial charge in [0.2, 0.25) is 0 Å². The van der Waals surface area contributed by atoms with E-state index in [2.05, 4.69) is 4.74 Å². The second-order valence-corrected chi connectivity index (χ2v) is 4.84. The van der Waals surface area contributed by atoms with E-state index in [-0.39, 0.29) is 29.6 Å². The van der Waals surface area contributed by atoms with Crippen molar-refractivity contribution in [3.8, 4) is 6.07 Å². The number of benzene rings is 1. The van der Waals surface area contributed by atoms with Crippen LogP contribution in [-0.4, -0.2) is 24.4 Å². The number of esters is 1. The van der Waals surface area contributed by atoms with Gasteiger partial charge in [0.1, 0.15) is 0 Å². The molecule has 0 spiro atoms. The van der Waals surface area contributed by atoms with Gasteiger partial charge in [-0.25, -0.2) is 0 Å². The summed E-state index contributed by atoms with van der Waals surface area (Å²) in [6, 6.07) is 4.04. The predicted octanol–water partition coefficient (Wildman–Crippen LogP) is 3.09. The van der Waals surface area contributed by atoms with Gasteiger partial charge in [0.15, 0.2) is 6.29 Å². The summed E-state index contributed by atoms with van der Waals surface area (Å²) in [6.07, 6.45) is -0.249. The van der Waals surface area contributed by atoms with E-state index in [4.69, 9.17) is 5.26 Å². The van der Waals surface area contributed by atoms with Crippen LogP contribution in [0.5, 0.6) is 0 Å². The van der Waals surface area contributed by atoms with Gasteiger partial charge in [-0.2, -0.15) is 18.4 Å². The summed E-state index contributed by atoms with van der Waals surface area (Å²) in [5.74, 6) is -0.763. The Kier molecular flexibility index (Phi) is 5.79. The molecular formula is C13H10F3NO3S. The van der Waals surface area contributed by atoms with Crippen molar-refractivity contribution in [2.75, 3.05) is 6.61 Å². The number of carbonyl (C=O) groups is 2. The third kappa shape index (κ3) is 4.79. The molecule has 0 unspecified atom stereocenters. The van der Waals surface area contributed by atoms with E-state index in [0.717, 1.165) is 6.07 Å². The van der Waals surface area contributed by atoms with Gasteiger partial charge in [-0.1, -0.05) is 0 Å². The first-order valence-electron chi connectivity index (χ1n) is 5.74. The average Bonchev–Trinajstić information content (AvgIpc) is 2.39. The summed E-state index contributed by atoms with van der Waals surface area (Å²) in [5.41, 5.74) is -5.12. The van der Waals surface area contributed by atoms with Crippen molar-refractivity contribution in [2.24, 2.45) is 0 Å². The highest BCUT2D eigenvalue weighted by Crippen LogP contribution is 2.41. The topological polar surface area (TPSA) is 67.2 Å². The van der Waals surface area contributed by atoms with Gasteiger partial charge in [-0.05, 0) is 36.4 Å². The minimum atomic E-state index is -4.64. The fourth-order valence-electron chi connectivity index (χ4n) is 1.61. The van der Waals surface area contributed by atoms with E-state index < -0.39 is 34.6 Å². The molecule has 0 aliphatic rings. The molecule has 0 heterocycles. The number of carbonyl (C=O) groups excluding carboxylic acids is 2. The lowest BCUT2D eigenvalue weighted by Gasteiger charge is -2.14. The van der Waals surface area contributed by atoms with Crippen LogP contribution < -0.4 is 0 Å². The molecule has 0 aliphatic carbocycles. The molecule has 0 saturated heterocycles. The number of alkyl halides is 3. The highest BCUT2D eigenvalue weighted by atomic mass is 32.2. The summed E-state index contributed by atoms with van der Waals surface area (Å²) >= 11 is -0.522. The van der Waals surface area contributed by atoms with Gasteiger partial charge in [0.25, 0.3) is 0 Å². The Bertz CT molecular complexity index is 594. The SMILES string of the molecule is CCOC(=O)Cc1c(C#N)ccc(C=O)c1SC(F)(F)F. The summed E-state index contributed by atoms with van der Waals surface area (Å²) < 4.78 is 42.5. The number of aldehydes is 1. The number of hydrogen-bond donors (Lipinski definition) is 0. The molecule has 1 rings (SSSR count). The Morgan fingerprint density at radius 3 is 2.62 bits per heavy atom. The van der Waals surface area contributed by atoms with Crippen molar-refractivity contribution in [1.29, 1.82) is 5.26 Å². The highest BCUT2D eigenvalue weighted by Gasteiger charge is 2.33. The summed E-state index contributed by atoms with van der Waals surface area (Å²) in [6.45, 7) is 1.62. The Hall–Kier alpha value is -2.01. The molecule has 0 fully saturated rings.